The van der Waals surface area contributed by atoms with Gasteiger partial charge in [0, 0.05) is 64.6 Å². The van der Waals surface area contributed by atoms with Gasteiger partial charge in [0.25, 0.3) is 23.6 Å². The van der Waals surface area contributed by atoms with Gasteiger partial charge in [0.1, 0.15) is 34.4 Å². The number of aromatic amines is 1. The predicted molar refractivity (Wildman–Crippen MR) is 246 cm³/mol. The molecule has 0 saturated heterocycles. The van der Waals surface area contributed by atoms with E-state index in [9.17, 15) is 28.0 Å². The van der Waals surface area contributed by atoms with Crippen LogP contribution in [-0.2, 0) is 0 Å². The third-order valence-electron chi connectivity index (χ3n) is 8.40. The van der Waals surface area contributed by atoms with Gasteiger partial charge in [-0.15, -0.1) is 0 Å². The lowest BCUT2D eigenvalue weighted by Gasteiger charge is -2.07. The van der Waals surface area contributed by atoms with Crippen molar-refractivity contribution in [1.29, 1.82) is 0 Å². The number of pyridine rings is 2. The lowest BCUT2D eigenvalue weighted by molar-refractivity contribution is 0.101. The van der Waals surface area contributed by atoms with Gasteiger partial charge in [-0.2, -0.15) is 0 Å². The Morgan fingerprint density at radius 1 is 0.576 bits per heavy atom. The second-order valence-electron chi connectivity index (χ2n) is 13.3. The molecule has 0 aliphatic heterocycles. The van der Waals surface area contributed by atoms with E-state index in [-0.39, 0.29) is 40.9 Å². The number of carbonyl (C=O) groups excluding carboxylic acids is 4. The minimum absolute atomic E-state index is 0.0776. The summed E-state index contributed by atoms with van der Waals surface area (Å²) in [5.74, 6) is -0.714. The second-order valence-corrected chi connectivity index (χ2v) is 13.7. The van der Waals surface area contributed by atoms with Crippen molar-refractivity contribution in [2.45, 2.75) is 6.92 Å². The van der Waals surface area contributed by atoms with Crippen molar-refractivity contribution in [2.75, 3.05) is 35.5 Å². The van der Waals surface area contributed by atoms with E-state index in [4.69, 9.17) is 25.6 Å². The lowest BCUT2D eigenvalue weighted by Crippen LogP contribution is -2.13. The molecule has 0 bridgehead atoms. The van der Waals surface area contributed by atoms with Gasteiger partial charge in [-0.3, -0.25) is 29.1 Å². The Balaban J connectivity index is 0.000000165. The number of aryl methyl sites for hydroxylation is 1. The van der Waals surface area contributed by atoms with Crippen LogP contribution in [0, 0.1) is 18.6 Å². The maximum absolute atomic E-state index is 13.2. The maximum Gasteiger partial charge on any atom is 0.277 e. The molecule has 0 radical (unpaired) electrons. The first kappa shape index (κ1) is 48.3. The van der Waals surface area contributed by atoms with Crippen LogP contribution >= 0.6 is 11.6 Å². The summed E-state index contributed by atoms with van der Waals surface area (Å²) >= 11 is 5.79. The SMILES string of the molecule is COc1cc(NC(=O)c2ccccn2)ccc1F.COc1cccc(NC(=O)c2cc(C)on2)c1.O=C(Nc1cccc(Cl)c1)c1ccc[nH]1.O=C(Nc1cccc(F)c1)c1ccccn1. The average Bonchev–Trinajstić information content (AvgIpc) is 4.04. The number of rotatable bonds is 10. The van der Waals surface area contributed by atoms with E-state index in [1.54, 1.807) is 129 Å². The van der Waals surface area contributed by atoms with Crippen LogP contribution in [-0.4, -0.2) is 58.0 Å². The minimum Gasteiger partial charge on any atom is -0.497 e. The fourth-order valence-electron chi connectivity index (χ4n) is 5.29. The van der Waals surface area contributed by atoms with Gasteiger partial charge in [-0.25, -0.2) is 8.78 Å². The molecule has 336 valence electrons. The highest BCUT2D eigenvalue weighted by Crippen LogP contribution is 2.22. The Morgan fingerprint density at radius 3 is 1.68 bits per heavy atom. The number of anilines is 4. The summed E-state index contributed by atoms with van der Waals surface area (Å²) < 4.78 is 40.8. The van der Waals surface area contributed by atoms with Crippen LogP contribution in [0.5, 0.6) is 11.5 Å². The van der Waals surface area contributed by atoms with Crippen LogP contribution in [0.25, 0.3) is 0 Å². The number of H-pyrrole nitrogens is 1. The van der Waals surface area contributed by atoms with E-state index >= 15 is 0 Å². The molecule has 8 rings (SSSR count). The number of amides is 4. The number of carbonyl (C=O) groups is 4. The number of benzene rings is 4. The summed E-state index contributed by atoms with van der Waals surface area (Å²) in [6, 6.07) is 39.0. The Morgan fingerprint density at radius 2 is 1.15 bits per heavy atom. The first-order valence-electron chi connectivity index (χ1n) is 19.5. The molecule has 66 heavy (non-hydrogen) atoms. The molecule has 4 aromatic heterocycles. The van der Waals surface area contributed by atoms with Gasteiger partial charge in [0.05, 0.1) is 14.2 Å². The molecule has 0 spiro atoms. The molecule has 0 atom stereocenters. The van der Waals surface area contributed by atoms with Crippen LogP contribution in [0.15, 0.2) is 169 Å². The van der Waals surface area contributed by atoms with Gasteiger partial charge >= 0.3 is 0 Å². The Labute approximate surface area is 382 Å². The third kappa shape index (κ3) is 15.6. The van der Waals surface area contributed by atoms with Crippen molar-refractivity contribution in [1.82, 2.24) is 20.1 Å². The molecule has 0 unspecified atom stereocenters. The third-order valence-corrected chi connectivity index (χ3v) is 8.63. The smallest absolute Gasteiger partial charge is 0.277 e. The van der Waals surface area contributed by atoms with Crippen molar-refractivity contribution in [3.63, 3.8) is 0 Å². The Bertz CT molecular complexity index is 2830. The maximum atomic E-state index is 13.2. The largest absolute Gasteiger partial charge is 0.497 e. The van der Waals surface area contributed by atoms with Gasteiger partial charge < -0.3 is 40.2 Å². The highest BCUT2D eigenvalue weighted by molar-refractivity contribution is 6.31. The normalized spacial score (nSPS) is 9.91. The van der Waals surface area contributed by atoms with E-state index in [0.29, 0.717) is 56.4 Å². The van der Waals surface area contributed by atoms with Gasteiger partial charge in [0.15, 0.2) is 17.3 Å². The van der Waals surface area contributed by atoms with E-state index in [1.807, 2.05) is 0 Å². The van der Waals surface area contributed by atoms with Crippen molar-refractivity contribution in [3.8, 4) is 11.5 Å². The number of hydrogen-bond acceptors (Lipinski definition) is 10. The number of nitrogens with one attached hydrogen (secondary N) is 5. The highest BCUT2D eigenvalue weighted by atomic mass is 35.5. The Kier molecular flexibility index (Phi) is 18.2. The molecule has 15 nitrogen and oxygen atoms in total. The molecule has 4 heterocycles. The van der Waals surface area contributed by atoms with Crippen LogP contribution in [0.1, 0.15) is 47.7 Å². The molecule has 0 aliphatic carbocycles. The number of halogens is 3. The minimum atomic E-state index is -0.478. The first-order chi connectivity index (χ1) is 31.9. The molecule has 0 saturated carbocycles. The number of nitrogens with zero attached hydrogens (tertiary/aromatic N) is 3. The summed E-state index contributed by atoms with van der Waals surface area (Å²) in [5.41, 5.74) is 3.56. The topological polar surface area (TPSA) is 202 Å². The molecular weight excluding hydrogens is 874 g/mol. The standard InChI is InChI=1S/C13H11FN2O2.C12H9FN2O.C12H12N2O3.C11H9ClN2O/c1-18-12-8-9(5-6-10(12)14)16-13(17)11-4-2-3-7-15-11;13-9-4-3-5-10(8-9)15-12(16)11-6-1-2-7-14-11;1-8-6-11(14-17-8)12(15)13-9-4-3-5-10(7-9)16-2;12-8-3-1-4-9(7-8)14-11(15)10-5-2-6-13-10/h2-8H,1H3,(H,16,17);1-8H,(H,15,16);3-7H,1-2H3,(H,13,15);1-7,13H,(H,14,15). The zero-order valence-corrected chi connectivity index (χ0v) is 36.2. The number of ether oxygens (including phenoxy) is 2. The summed E-state index contributed by atoms with van der Waals surface area (Å²) in [6.07, 6.45) is 4.76. The van der Waals surface area contributed by atoms with Crippen LogP contribution in [0.4, 0.5) is 31.5 Å². The molecule has 5 N–H and O–H groups in total. The summed E-state index contributed by atoms with van der Waals surface area (Å²) in [4.78, 5) is 57.4. The van der Waals surface area contributed by atoms with Crippen LogP contribution < -0.4 is 30.7 Å². The van der Waals surface area contributed by atoms with Crippen molar-refractivity contribution in [2.24, 2.45) is 0 Å². The molecule has 4 amide bonds. The average molecular weight is 915 g/mol. The first-order valence-corrected chi connectivity index (χ1v) is 19.9. The van der Waals surface area contributed by atoms with E-state index in [1.165, 1.54) is 55.9 Å². The van der Waals surface area contributed by atoms with Gasteiger partial charge in [0.2, 0.25) is 0 Å². The number of aromatic nitrogens is 4. The highest BCUT2D eigenvalue weighted by Gasteiger charge is 2.12. The molecule has 8 aromatic rings. The molecule has 0 aliphatic rings. The van der Waals surface area contributed by atoms with Gasteiger partial charge in [-0.05, 0) is 104 Å². The zero-order chi connectivity index (χ0) is 47.3. The zero-order valence-electron chi connectivity index (χ0n) is 35.4. The molecule has 18 heteroatoms. The lowest BCUT2D eigenvalue weighted by atomic mass is 10.2. The summed E-state index contributed by atoms with van der Waals surface area (Å²) in [6.45, 7) is 1.73. The number of methoxy groups -OCH3 is 2. The van der Waals surface area contributed by atoms with E-state index in [0.717, 1.165) is 0 Å². The fourth-order valence-corrected chi connectivity index (χ4v) is 5.48. The second kappa shape index (κ2) is 24.8. The van der Waals surface area contributed by atoms with Crippen molar-refractivity contribution >= 4 is 58.0 Å². The van der Waals surface area contributed by atoms with Crippen molar-refractivity contribution in [3.05, 3.63) is 209 Å². The predicted octanol–water partition coefficient (Wildman–Crippen LogP) is 10.1. The molecule has 0 fully saturated rings. The van der Waals surface area contributed by atoms with Crippen LogP contribution in [0.3, 0.4) is 0 Å². The summed E-state index contributed by atoms with van der Waals surface area (Å²) in [7, 11) is 2.94. The monoisotopic (exact) mass is 914 g/mol. The molecular formula is C48H41ClF2N8O7. The summed E-state index contributed by atoms with van der Waals surface area (Å²) in [5, 5.41) is 14.8. The molecule has 4 aromatic carbocycles. The van der Waals surface area contributed by atoms with Gasteiger partial charge in [-0.1, -0.05) is 47.1 Å². The van der Waals surface area contributed by atoms with E-state index < -0.39 is 5.82 Å². The Hall–Kier alpha value is -8.70. The fraction of sp³-hybridized carbons (Fsp3) is 0.0625. The van der Waals surface area contributed by atoms with Crippen LogP contribution in [0.2, 0.25) is 5.02 Å². The van der Waals surface area contributed by atoms with Crippen molar-refractivity contribution < 1.29 is 42.0 Å². The quantitative estimate of drug-likeness (QED) is 0.0879. The number of hydrogen-bond donors (Lipinski definition) is 5. The van der Waals surface area contributed by atoms with E-state index in [2.05, 4.69) is 41.4 Å².